The van der Waals surface area contributed by atoms with Crippen molar-refractivity contribution in [3.63, 3.8) is 0 Å². The van der Waals surface area contributed by atoms with Gasteiger partial charge in [0.1, 0.15) is 11.6 Å². The van der Waals surface area contributed by atoms with Gasteiger partial charge in [0.15, 0.2) is 4.87 Å². The van der Waals surface area contributed by atoms with Crippen LogP contribution in [0.25, 0.3) is 0 Å². The first kappa shape index (κ1) is 18.9. The van der Waals surface area contributed by atoms with Crippen molar-refractivity contribution in [1.82, 2.24) is 4.90 Å². The zero-order valence-electron chi connectivity index (χ0n) is 15.8. The lowest BCUT2D eigenvalue weighted by molar-refractivity contribution is -0.123. The number of rotatable bonds is 2. The van der Waals surface area contributed by atoms with Crippen LogP contribution in [0.2, 0.25) is 0 Å². The van der Waals surface area contributed by atoms with Crippen molar-refractivity contribution in [1.29, 1.82) is 0 Å². The van der Waals surface area contributed by atoms with Crippen LogP contribution >= 0.6 is 11.8 Å². The van der Waals surface area contributed by atoms with Gasteiger partial charge in [-0.25, -0.2) is 8.78 Å². The van der Waals surface area contributed by atoms with Crippen molar-refractivity contribution >= 4 is 29.3 Å². The number of halogens is 2. The van der Waals surface area contributed by atoms with Gasteiger partial charge in [0.25, 0.3) is 11.8 Å². The number of hydrogen-bond acceptors (Lipinski definition) is 3. The molecule has 1 spiro atoms. The van der Waals surface area contributed by atoms with Crippen LogP contribution in [0.1, 0.15) is 36.7 Å². The fourth-order valence-corrected chi connectivity index (χ4v) is 5.79. The highest BCUT2D eigenvalue weighted by atomic mass is 32.2. The predicted octanol–water partition coefficient (Wildman–Crippen LogP) is 4.15. The molecular formula is C21H20F2N2O2S. The monoisotopic (exact) mass is 402 g/mol. The maximum atomic E-state index is 14.4. The van der Waals surface area contributed by atoms with Gasteiger partial charge in [-0.3, -0.25) is 9.59 Å². The van der Waals surface area contributed by atoms with E-state index in [1.54, 1.807) is 17.0 Å². The summed E-state index contributed by atoms with van der Waals surface area (Å²) in [6, 6.07) is 9.91. The lowest BCUT2D eigenvalue weighted by Crippen LogP contribution is -2.50. The highest BCUT2D eigenvalue weighted by Gasteiger charge is 2.63. The van der Waals surface area contributed by atoms with Crippen LogP contribution in [0.3, 0.4) is 0 Å². The van der Waals surface area contributed by atoms with Gasteiger partial charge in [0.05, 0.1) is 11.3 Å². The number of hydrogen-bond donors (Lipinski definition) is 0. The average Bonchev–Trinajstić information content (AvgIpc) is 3.06. The number of anilines is 1. The minimum atomic E-state index is -1.41. The van der Waals surface area contributed by atoms with E-state index < -0.39 is 27.2 Å². The first-order valence-corrected chi connectivity index (χ1v) is 9.91. The Morgan fingerprint density at radius 3 is 2.57 bits per heavy atom. The minimum absolute atomic E-state index is 0.0964. The van der Waals surface area contributed by atoms with E-state index in [2.05, 4.69) is 0 Å². The molecule has 0 aromatic heterocycles. The van der Waals surface area contributed by atoms with Crippen LogP contribution in [-0.2, 0) is 9.67 Å². The van der Waals surface area contributed by atoms with Crippen molar-refractivity contribution in [2.75, 3.05) is 18.0 Å². The van der Waals surface area contributed by atoms with E-state index in [-0.39, 0.29) is 18.0 Å². The summed E-state index contributed by atoms with van der Waals surface area (Å²) < 4.78 is 28.0. The Kier molecular flexibility index (Phi) is 4.26. The van der Waals surface area contributed by atoms with Crippen molar-refractivity contribution < 1.29 is 18.4 Å². The van der Waals surface area contributed by atoms with E-state index >= 15 is 0 Å². The highest BCUT2D eigenvalue weighted by molar-refractivity contribution is 8.02. The molecule has 2 aliphatic heterocycles. The molecule has 0 N–H and O–H groups in total. The van der Waals surface area contributed by atoms with Gasteiger partial charge >= 0.3 is 0 Å². The molecule has 2 heterocycles. The Labute approximate surface area is 166 Å². The normalized spacial score (nSPS) is 22.8. The van der Waals surface area contributed by atoms with Crippen molar-refractivity contribution in [2.24, 2.45) is 0 Å². The first-order valence-electron chi connectivity index (χ1n) is 9.10. The number of thioether (sulfide) groups is 1. The lowest BCUT2D eigenvalue weighted by Gasteiger charge is -2.33. The third-order valence-corrected chi connectivity index (χ3v) is 6.75. The molecular weight excluding hydrogens is 382 g/mol. The lowest BCUT2D eigenvalue weighted by atomic mass is 10.0. The fourth-order valence-electron chi connectivity index (χ4n) is 4.07. The molecule has 0 saturated carbocycles. The summed E-state index contributed by atoms with van der Waals surface area (Å²) in [5.41, 5.74) is 0.936. The van der Waals surface area contributed by atoms with Gasteiger partial charge in [0.2, 0.25) is 0 Å². The van der Waals surface area contributed by atoms with E-state index in [0.29, 0.717) is 17.8 Å². The molecule has 28 heavy (non-hydrogen) atoms. The third-order valence-electron chi connectivity index (χ3n) is 5.16. The highest BCUT2D eigenvalue weighted by Crippen LogP contribution is 2.59. The van der Waals surface area contributed by atoms with E-state index in [0.717, 1.165) is 0 Å². The zero-order chi connectivity index (χ0) is 20.3. The molecule has 0 radical (unpaired) electrons. The molecule has 146 valence electrons. The third kappa shape index (κ3) is 2.56. The van der Waals surface area contributed by atoms with Crippen LogP contribution in [0.5, 0.6) is 0 Å². The Bertz CT molecular complexity index is 994. The van der Waals surface area contributed by atoms with E-state index in [1.807, 2.05) is 20.8 Å². The molecule has 2 amide bonds. The van der Waals surface area contributed by atoms with E-state index in [4.69, 9.17) is 0 Å². The smallest absolute Gasteiger partial charge is 0.268 e. The van der Waals surface area contributed by atoms with Gasteiger partial charge in [-0.2, -0.15) is 0 Å². The van der Waals surface area contributed by atoms with Crippen LogP contribution < -0.4 is 4.90 Å². The number of amides is 2. The molecule has 2 aliphatic rings. The Morgan fingerprint density at radius 1 is 1.18 bits per heavy atom. The van der Waals surface area contributed by atoms with Gasteiger partial charge < -0.3 is 9.80 Å². The molecule has 0 bridgehead atoms. The Balaban J connectivity index is 1.93. The van der Waals surface area contributed by atoms with Gasteiger partial charge in [-0.15, -0.1) is 11.8 Å². The maximum absolute atomic E-state index is 14.4. The summed E-state index contributed by atoms with van der Waals surface area (Å²) >= 11 is 1.32. The maximum Gasteiger partial charge on any atom is 0.268 e. The number of carbonyl (C=O) groups excluding carboxylic acids is 2. The summed E-state index contributed by atoms with van der Waals surface area (Å²) in [7, 11) is 0. The molecule has 1 atom stereocenters. The molecule has 2 aromatic rings. The largest absolute Gasteiger partial charge is 0.310 e. The number of nitrogens with zero attached hydrogens (tertiary/aromatic N) is 2. The number of likely N-dealkylation sites (N-methyl/N-ethyl adjacent to an activating group) is 1. The topological polar surface area (TPSA) is 40.6 Å². The Hall–Kier alpha value is -2.41. The van der Waals surface area contributed by atoms with E-state index in [1.165, 1.54) is 47.0 Å². The first-order chi connectivity index (χ1) is 13.2. The average molecular weight is 402 g/mol. The standard InChI is InChI=1S/C21H20F2N2O2S/c1-4-24-17-10-9-13(22)11-15(17)21(19(24)27)25(12-20(2,3)28-21)18(26)14-7-5-6-8-16(14)23/h5-11H,4,12H2,1-3H3/t21-/m0/s1. The van der Waals surface area contributed by atoms with Gasteiger partial charge in [0, 0.05) is 23.4 Å². The molecule has 0 aliphatic carbocycles. The van der Waals surface area contributed by atoms with Gasteiger partial charge in [-0.05, 0) is 51.1 Å². The van der Waals surface area contributed by atoms with Crippen LogP contribution in [0, 0.1) is 11.6 Å². The molecule has 4 nitrogen and oxygen atoms in total. The molecule has 1 saturated heterocycles. The van der Waals surface area contributed by atoms with Crippen LogP contribution in [0.15, 0.2) is 42.5 Å². The summed E-state index contributed by atoms with van der Waals surface area (Å²) in [5, 5.41) is 0. The number of benzene rings is 2. The van der Waals surface area contributed by atoms with Crippen LogP contribution in [0.4, 0.5) is 14.5 Å². The predicted molar refractivity (Wildman–Crippen MR) is 105 cm³/mol. The molecule has 7 heteroatoms. The summed E-state index contributed by atoms with van der Waals surface area (Å²) in [4.78, 5) is 28.5. The molecule has 2 aromatic carbocycles. The fraction of sp³-hybridized carbons (Fsp3) is 0.333. The summed E-state index contributed by atoms with van der Waals surface area (Å²) in [5.74, 6) is -1.99. The molecule has 1 fully saturated rings. The number of carbonyl (C=O) groups is 2. The second-order valence-electron chi connectivity index (χ2n) is 7.59. The second-order valence-corrected chi connectivity index (χ2v) is 9.49. The quantitative estimate of drug-likeness (QED) is 0.758. The van der Waals surface area contributed by atoms with Crippen molar-refractivity contribution in [3.8, 4) is 0 Å². The summed E-state index contributed by atoms with van der Waals surface area (Å²) in [6.45, 7) is 6.31. The molecule has 0 unspecified atom stereocenters. The minimum Gasteiger partial charge on any atom is -0.310 e. The summed E-state index contributed by atoms with van der Waals surface area (Å²) in [6.07, 6.45) is 0. The van der Waals surface area contributed by atoms with Crippen molar-refractivity contribution in [3.05, 3.63) is 65.2 Å². The molecule has 4 rings (SSSR count). The van der Waals surface area contributed by atoms with Crippen molar-refractivity contribution in [2.45, 2.75) is 30.4 Å². The Morgan fingerprint density at radius 2 is 1.89 bits per heavy atom. The van der Waals surface area contributed by atoms with Crippen LogP contribution in [-0.4, -0.2) is 34.6 Å². The SMILES string of the molecule is CCN1C(=O)[C@@]2(SC(C)(C)CN2C(=O)c2ccccc2F)c2cc(F)ccc21. The van der Waals surface area contributed by atoms with E-state index in [9.17, 15) is 18.4 Å². The van der Waals surface area contributed by atoms with Gasteiger partial charge in [-0.1, -0.05) is 12.1 Å². The zero-order valence-corrected chi connectivity index (χ0v) is 16.6. The number of fused-ring (bicyclic) bond motifs is 2. The second kappa shape index (κ2) is 6.30.